The number of aromatic amines is 1. The van der Waals surface area contributed by atoms with Gasteiger partial charge in [-0.05, 0) is 24.1 Å². The summed E-state index contributed by atoms with van der Waals surface area (Å²) < 4.78 is 0. The minimum Gasteiger partial charge on any atom is -0.369 e. The molecule has 3 heteroatoms. The summed E-state index contributed by atoms with van der Waals surface area (Å²) in [7, 11) is 0. The summed E-state index contributed by atoms with van der Waals surface area (Å²) in [5.41, 5.74) is 9.69. The number of benzene rings is 2. The number of aromatic nitrogens is 1. The molecule has 1 atom stereocenters. The second-order valence-electron chi connectivity index (χ2n) is 4.99. The summed E-state index contributed by atoms with van der Waals surface area (Å²) >= 11 is 0. The van der Waals surface area contributed by atoms with Gasteiger partial charge in [-0.25, -0.2) is 0 Å². The zero-order chi connectivity index (χ0) is 14.1. The first-order valence-electron chi connectivity index (χ1n) is 6.62. The molecule has 0 spiro atoms. The van der Waals surface area contributed by atoms with Crippen LogP contribution in [0.25, 0.3) is 22.0 Å². The maximum absolute atomic E-state index is 11.2. The Morgan fingerprint density at radius 2 is 1.80 bits per heavy atom. The monoisotopic (exact) mass is 264 g/mol. The van der Waals surface area contributed by atoms with Crippen molar-refractivity contribution in [3.05, 3.63) is 60.3 Å². The number of nitrogens with one attached hydrogen (secondary N) is 1. The van der Waals surface area contributed by atoms with Crippen LogP contribution in [-0.2, 0) is 4.79 Å². The predicted octanol–water partition coefficient (Wildman–Crippen LogP) is 3.42. The van der Waals surface area contributed by atoms with Gasteiger partial charge in [-0.2, -0.15) is 0 Å². The van der Waals surface area contributed by atoms with E-state index in [1.807, 2.05) is 49.5 Å². The van der Waals surface area contributed by atoms with E-state index in [9.17, 15) is 4.79 Å². The molecule has 3 aromatic rings. The van der Waals surface area contributed by atoms with Crippen LogP contribution in [0.3, 0.4) is 0 Å². The number of hydrogen-bond donors (Lipinski definition) is 2. The van der Waals surface area contributed by atoms with Crippen molar-refractivity contribution in [2.24, 2.45) is 5.73 Å². The SMILES string of the molecule is CC(C(N)=O)c1ccc(-c2c[nH]c3ccccc23)cc1. The van der Waals surface area contributed by atoms with E-state index in [2.05, 4.69) is 17.1 Å². The van der Waals surface area contributed by atoms with E-state index in [1.54, 1.807) is 0 Å². The lowest BCUT2D eigenvalue weighted by molar-refractivity contribution is -0.119. The van der Waals surface area contributed by atoms with Crippen molar-refractivity contribution in [1.82, 2.24) is 4.98 Å². The highest BCUT2D eigenvalue weighted by Gasteiger charge is 2.12. The minimum atomic E-state index is -0.301. The molecule has 0 radical (unpaired) electrons. The van der Waals surface area contributed by atoms with Crippen LogP contribution in [0, 0.1) is 0 Å². The number of fused-ring (bicyclic) bond motifs is 1. The molecule has 0 aliphatic rings. The predicted molar refractivity (Wildman–Crippen MR) is 81.3 cm³/mol. The molecule has 2 aromatic carbocycles. The summed E-state index contributed by atoms with van der Waals surface area (Å²) in [6.07, 6.45) is 2.01. The first-order chi connectivity index (χ1) is 9.66. The molecule has 3 N–H and O–H groups in total. The highest BCUT2D eigenvalue weighted by Crippen LogP contribution is 2.29. The minimum absolute atomic E-state index is 0.257. The van der Waals surface area contributed by atoms with Gasteiger partial charge in [0, 0.05) is 22.7 Å². The number of H-pyrrole nitrogens is 1. The lowest BCUT2D eigenvalue weighted by Gasteiger charge is -2.08. The van der Waals surface area contributed by atoms with Gasteiger partial charge in [0.15, 0.2) is 0 Å². The van der Waals surface area contributed by atoms with E-state index in [1.165, 1.54) is 10.9 Å². The maximum Gasteiger partial charge on any atom is 0.224 e. The number of amides is 1. The van der Waals surface area contributed by atoms with Gasteiger partial charge in [-0.1, -0.05) is 42.5 Å². The first-order valence-corrected chi connectivity index (χ1v) is 6.62. The second-order valence-corrected chi connectivity index (χ2v) is 4.99. The van der Waals surface area contributed by atoms with Crippen molar-refractivity contribution in [3.63, 3.8) is 0 Å². The van der Waals surface area contributed by atoms with Gasteiger partial charge >= 0.3 is 0 Å². The fraction of sp³-hybridized carbons (Fsp3) is 0.118. The van der Waals surface area contributed by atoms with Crippen LogP contribution in [0.2, 0.25) is 0 Å². The summed E-state index contributed by atoms with van der Waals surface area (Å²) in [5.74, 6) is -0.558. The molecule has 3 rings (SSSR count). The number of hydrogen-bond acceptors (Lipinski definition) is 1. The van der Waals surface area contributed by atoms with E-state index in [0.717, 1.165) is 16.6 Å². The molecular weight excluding hydrogens is 248 g/mol. The van der Waals surface area contributed by atoms with Crippen molar-refractivity contribution in [3.8, 4) is 11.1 Å². The molecule has 0 aliphatic carbocycles. The fourth-order valence-electron chi connectivity index (χ4n) is 2.43. The molecule has 1 unspecified atom stereocenters. The Morgan fingerprint density at radius 3 is 2.50 bits per heavy atom. The van der Waals surface area contributed by atoms with Crippen molar-refractivity contribution in [2.45, 2.75) is 12.8 Å². The first kappa shape index (κ1) is 12.5. The van der Waals surface area contributed by atoms with Crippen LogP contribution in [0.4, 0.5) is 0 Å². The molecule has 1 aromatic heterocycles. The Bertz CT molecular complexity index is 756. The molecular formula is C17H16N2O. The summed E-state index contributed by atoms with van der Waals surface area (Å²) in [4.78, 5) is 14.5. The van der Waals surface area contributed by atoms with Gasteiger partial charge < -0.3 is 10.7 Å². The van der Waals surface area contributed by atoms with Crippen molar-refractivity contribution in [2.75, 3.05) is 0 Å². The van der Waals surface area contributed by atoms with Crippen molar-refractivity contribution < 1.29 is 4.79 Å². The zero-order valence-electron chi connectivity index (χ0n) is 11.3. The van der Waals surface area contributed by atoms with Gasteiger partial charge in [-0.15, -0.1) is 0 Å². The Labute approximate surface area is 117 Å². The van der Waals surface area contributed by atoms with Crippen LogP contribution in [0.15, 0.2) is 54.7 Å². The Morgan fingerprint density at radius 1 is 1.10 bits per heavy atom. The molecule has 0 saturated carbocycles. The average Bonchev–Trinajstić information content (AvgIpc) is 2.90. The van der Waals surface area contributed by atoms with Gasteiger partial charge in [-0.3, -0.25) is 4.79 Å². The van der Waals surface area contributed by atoms with Gasteiger partial charge in [0.25, 0.3) is 0 Å². The highest BCUT2D eigenvalue weighted by molar-refractivity contribution is 5.95. The molecule has 100 valence electrons. The largest absolute Gasteiger partial charge is 0.369 e. The fourth-order valence-corrected chi connectivity index (χ4v) is 2.43. The Balaban J connectivity index is 2.01. The van der Waals surface area contributed by atoms with E-state index in [0.29, 0.717) is 0 Å². The lowest BCUT2D eigenvalue weighted by atomic mass is 9.97. The van der Waals surface area contributed by atoms with E-state index >= 15 is 0 Å². The number of carbonyl (C=O) groups excluding carboxylic acids is 1. The van der Waals surface area contributed by atoms with Gasteiger partial charge in [0.1, 0.15) is 0 Å². The van der Waals surface area contributed by atoms with Crippen LogP contribution < -0.4 is 5.73 Å². The normalized spacial score (nSPS) is 12.4. The zero-order valence-corrected chi connectivity index (χ0v) is 11.3. The van der Waals surface area contributed by atoms with Crippen molar-refractivity contribution >= 4 is 16.8 Å². The summed E-state index contributed by atoms with van der Waals surface area (Å²) in [6, 6.07) is 16.2. The third-order valence-corrected chi connectivity index (χ3v) is 3.74. The summed E-state index contributed by atoms with van der Waals surface area (Å²) in [5, 5.41) is 1.20. The summed E-state index contributed by atoms with van der Waals surface area (Å²) in [6.45, 7) is 1.82. The molecule has 20 heavy (non-hydrogen) atoms. The Hall–Kier alpha value is -2.55. The molecule has 1 amide bonds. The third kappa shape index (κ3) is 2.07. The molecule has 0 aliphatic heterocycles. The van der Waals surface area contributed by atoms with Crippen LogP contribution in [0.1, 0.15) is 18.4 Å². The van der Waals surface area contributed by atoms with E-state index in [-0.39, 0.29) is 11.8 Å². The number of nitrogens with two attached hydrogens (primary N) is 1. The van der Waals surface area contributed by atoms with E-state index in [4.69, 9.17) is 5.73 Å². The Kier molecular flexibility index (Phi) is 3.03. The molecule has 0 saturated heterocycles. The lowest BCUT2D eigenvalue weighted by Crippen LogP contribution is -2.18. The number of para-hydroxylation sites is 1. The van der Waals surface area contributed by atoms with Gasteiger partial charge in [0.2, 0.25) is 5.91 Å². The average molecular weight is 264 g/mol. The smallest absolute Gasteiger partial charge is 0.224 e. The van der Waals surface area contributed by atoms with E-state index < -0.39 is 0 Å². The molecule has 3 nitrogen and oxygen atoms in total. The number of rotatable bonds is 3. The highest BCUT2D eigenvalue weighted by atomic mass is 16.1. The standard InChI is InChI=1S/C17H16N2O/c1-11(17(18)20)12-6-8-13(9-7-12)15-10-19-16-5-3-2-4-14(15)16/h2-11,19H,1H3,(H2,18,20). The number of carbonyl (C=O) groups is 1. The third-order valence-electron chi connectivity index (χ3n) is 3.74. The molecule has 0 fully saturated rings. The molecule has 0 bridgehead atoms. The van der Waals surface area contributed by atoms with Crippen LogP contribution in [-0.4, -0.2) is 10.9 Å². The second kappa shape index (κ2) is 4.85. The van der Waals surface area contributed by atoms with Crippen LogP contribution in [0.5, 0.6) is 0 Å². The quantitative estimate of drug-likeness (QED) is 0.748. The molecule has 1 heterocycles. The number of primary amides is 1. The van der Waals surface area contributed by atoms with Crippen LogP contribution >= 0.6 is 0 Å². The maximum atomic E-state index is 11.2. The topological polar surface area (TPSA) is 58.9 Å². The van der Waals surface area contributed by atoms with Crippen molar-refractivity contribution in [1.29, 1.82) is 0 Å². The van der Waals surface area contributed by atoms with Gasteiger partial charge in [0.05, 0.1) is 5.92 Å².